The lowest BCUT2D eigenvalue weighted by Crippen LogP contribution is -2.00. The van der Waals surface area contributed by atoms with Crippen molar-refractivity contribution in [3.05, 3.63) is 70.7 Å². The van der Waals surface area contributed by atoms with Crippen molar-refractivity contribution < 1.29 is 9.13 Å². The first-order valence-corrected chi connectivity index (χ1v) is 5.29. The molecule has 0 fully saturated rings. The van der Waals surface area contributed by atoms with Crippen molar-refractivity contribution in [3.63, 3.8) is 0 Å². The Balaban J connectivity index is 2.40. The van der Waals surface area contributed by atoms with Gasteiger partial charge in [-0.1, -0.05) is 18.2 Å². The van der Waals surface area contributed by atoms with Crippen LogP contribution in [0.4, 0.5) is 10.1 Å². The van der Waals surface area contributed by atoms with Crippen molar-refractivity contribution >= 4 is 11.9 Å². The molecule has 0 bridgehead atoms. The zero-order valence-corrected chi connectivity index (χ0v) is 9.43. The maximum absolute atomic E-state index is 13.1. The highest BCUT2D eigenvalue weighted by atomic mass is 19.1. The number of hydrogen-bond donors (Lipinski definition) is 0. The first kappa shape index (κ1) is 11.3. The van der Waals surface area contributed by atoms with Crippen LogP contribution in [-0.4, -0.2) is 11.0 Å². The van der Waals surface area contributed by atoms with Crippen LogP contribution >= 0.6 is 0 Å². The second kappa shape index (κ2) is 4.78. The number of aryl methyl sites for hydroxylation is 1. The summed E-state index contributed by atoms with van der Waals surface area (Å²) < 4.78 is 13.8. The fourth-order valence-electron chi connectivity index (χ4n) is 1.56. The van der Waals surface area contributed by atoms with Crippen LogP contribution in [0.1, 0.15) is 11.1 Å². The van der Waals surface area contributed by atoms with E-state index >= 15 is 0 Å². The molecule has 2 aromatic carbocycles. The van der Waals surface area contributed by atoms with Gasteiger partial charge in [-0.25, -0.2) is 4.39 Å². The second-order valence-electron chi connectivity index (χ2n) is 3.80. The molecule has 0 saturated heterocycles. The minimum Gasteiger partial charge on any atom is -0.618 e. The molecular formula is C14H12FNO. The lowest BCUT2D eigenvalue weighted by molar-refractivity contribution is -0.355. The van der Waals surface area contributed by atoms with Gasteiger partial charge >= 0.3 is 0 Å². The Morgan fingerprint density at radius 2 is 1.82 bits per heavy atom. The molecule has 0 unspecified atom stereocenters. The van der Waals surface area contributed by atoms with Gasteiger partial charge in [0.1, 0.15) is 5.82 Å². The number of nitrogens with zero attached hydrogens (tertiary/aromatic N) is 1. The van der Waals surface area contributed by atoms with E-state index in [4.69, 9.17) is 0 Å². The molecule has 0 aliphatic carbocycles. The molecule has 0 atom stereocenters. The van der Waals surface area contributed by atoms with Crippen molar-refractivity contribution in [3.8, 4) is 0 Å². The first-order chi connectivity index (χ1) is 8.16. The molecule has 0 radical (unpaired) electrons. The van der Waals surface area contributed by atoms with Gasteiger partial charge in [0.25, 0.3) is 0 Å². The van der Waals surface area contributed by atoms with E-state index in [0.717, 1.165) is 11.1 Å². The van der Waals surface area contributed by atoms with Gasteiger partial charge in [-0.05, 0) is 31.2 Å². The smallest absolute Gasteiger partial charge is 0.222 e. The van der Waals surface area contributed by atoms with E-state index < -0.39 is 5.82 Å². The predicted molar refractivity (Wildman–Crippen MR) is 66.0 cm³/mol. The van der Waals surface area contributed by atoms with E-state index in [0.29, 0.717) is 10.4 Å². The minimum absolute atomic E-state index is 0.328. The monoisotopic (exact) mass is 229 g/mol. The Bertz CT molecular complexity index is 549. The summed E-state index contributed by atoms with van der Waals surface area (Å²) in [7, 11) is 0. The van der Waals surface area contributed by atoms with E-state index in [2.05, 4.69) is 0 Å². The molecule has 17 heavy (non-hydrogen) atoms. The van der Waals surface area contributed by atoms with E-state index in [-0.39, 0.29) is 0 Å². The first-order valence-electron chi connectivity index (χ1n) is 5.29. The lowest BCUT2D eigenvalue weighted by atomic mass is 10.2. The molecule has 0 aliphatic heterocycles. The van der Waals surface area contributed by atoms with Crippen LogP contribution in [0.2, 0.25) is 0 Å². The van der Waals surface area contributed by atoms with E-state index in [1.807, 2.05) is 30.3 Å². The minimum atomic E-state index is -0.409. The van der Waals surface area contributed by atoms with E-state index in [9.17, 15) is 9.60 Å². The fourth-order valence-corrected chi connectivity index (χ4v) is 1.56. The van der Waals surface area contributed by atoms with Gasteiger partial charge in [-0.2, -0.15) is 4.74 Å². The molecule has 0 N–H and O–H groups in total. The summed E-state index contributed by atoms with van der Waals surface area (Å²) in [6.07, 6.45) is 1.43. The maximum Gasteiger partial charge on any atom is 0.222 e. The zero-order valence-electron chi connectivity index (χ0n) is 9.43. The molecule has 0 saturated carbocycles. The average molecular weight is 229 g/mol. The van der Waals surface area contributed by atoms with Crippen molar-refractivity contribution in [2.24, 2.45) is 0 Å². The van der Waals surface area contributed by atoms with E-state index in [1.165, 1.54) is 18.3 Å². The van der Waals surface area contributed by atoms with Crippen molar-refractivity contribution in [2.75, 3.05) is 0 Å². The summed E-state index contributed by atoms with van der Waals surface area (Å²) in [5.74, 6) is -0.409. The molecule has 86 valence electrons. The van der Waals surface area contributed by atoms with Crippen molar-refractivity contribution in [1.29, 1.82) is 0 Å². The van der Waals surface area contributed by atoms with Gasteiger partial charge in [0.15, 0.2) is 6.21 Å². The molecule has 0 aliphatic rings. The van der Waals surface area contributed by atoms with Gasteiger partial charge in [0.2, 0.25) is 5.69 Å². The summed E-state index contributed by atoms with van der Waals surface area (Å²) in [6, 6.07) is 13.4. The molecule has 3 heteroatoms. The van der Waals surface area contributed by atoms with Gasteiger partial charge in [-0.15, -0.1) is 0 Å². The molecule has 2 rings (SSSR count). The summed E-state index contributed by atoms with van der Waals surface area (Å²) in [4.78, 5) is 0. The standard InChI is InChI=1S/C14H12FNO/c1-11-7-8-13(15)9-14(11)16(17)10-12-5-3-2-4-6-12/h2-10H,1H3/b16-10-. The number of rotatable bonds is 2. The van der Waals surface area contributed by atoms with Crippen LogP contribution in [0.15, 0.2) is 48.5 Å². The van der Waals surface area contributed by atoms with Crippen LogP contribution < -0.4 is 0 Å². The normalized spacial score (nSPS) is 11.5. The third-order valence-electron chi connectivity index (χ3n) is 2.47. The van der Waals surface area contributed by atoms with Crippen LogP contribution in [0.3, 0.4) is 0 Å². The Hall–Kier alpha value is -2.16. The summed E-state index contributed by atoms with van der Waals surface area (Å²) in [5, 5.41) is 11.9. The SMILES string of the molecule is Cc1ccc(F)cc1/[N+]([O-])=C/c1ccccc1. The third-order valence-corrected chi connectivity index (χ3v) is 2.47. The van der Waals surface area contributed by atoms with Gasteiger partial charge in [0, 0.05) is 17.2 Å². The molecular weight excluding hydrogens is 217 g/mol. The quantitative estimate of drug-likeness (QED) is 0.335. The lowest BCUT2D eigenvalue weighted by Gasteiger charge is -2.05. The Kier molecular flexibility index (Phi) is 3.19. The molecule has 0 spiro atoms. The maximum atomic E-state index is 13.1. The highest BCUT2D eigenvalue weighted by molar-refractivity contribution is 5.76. The predicted octanol–water partition coefficient (Wildman–Crippen LogP) is 3.40. The summed E-state index contributed by atoms with van der Waals surface area (Å²) in [5.41, 5.74) is 1.86. The molecule has 2 nitrogen and oxygen atoms in total. The van der Waals surface area contributed by atoms with Crippen LogP contribution in [-0.2, 0) is 0 Å². The van der Waals surface area contributed by atoms with Crippen LogP contribution in [0.25, 0.3) is 0 Å². The van der Waals surface area contributed by atoms with Gasteiger partial charge in [0.05, 0.1) is 0 Å². The average Bonchev–Trinajstić information content (AvgIpc) is 2.33. The second-order valence-corrected chi connectivity index (χ2v) is 3.80. The van der Waals surface area contributed by atoms with Crippen molar-refractivity contribution in [2.45, 2.75) is 6.92 Å². The fraction of sp³-hybridized carbons (Fsp3) is 0.0714. The molecule has 2 aromatic rings. The Morgan fingerprint density at radius 3 is 2.53 bits per heavy atom. The number of benzene rings is 2. The summed E-state index contributed by atoms with van der Waals surface area (Å²) in [6.45, 7) is 1.78. The highest BCUT2D eigenvalue weighted by Gasteiger charge is 2.07. The van der Waals surface area contributed by atoms with E-state index in [1.54, 1.807) is 13.0 Å². The Labute approximate surface area is 99.2 Å². The molecule has 0 aromatic heterocycles. The van der Waals surface area contributed by atoms with Crippen LogP contribution in [0, 0.1) is 17.9 Å². The Morgan fingerprint density at radius 1 is 1.12 bits per heavy atom. The largest absolute Gasteiger partial charge is 0.618 e. The zero-order chi connectivity index (χ0) is 12.3. The van der Waals surface area contributed by atoms with Gasteiger partial charge < -0.3 is 5.21 Å². The van der Waals surface area contributed by atoms with Gasteiger partial charge in [-0.3, -0.25) is 0 Å². The number of hydrogen-bond acceptors (Lipinski definition) is 1. The summed E-state index contributed by atoms with van der Waals surface area (Å²) >= 11 is 0. The van der Waals surface area contributed by atoms with Crippen LogP contribution in [0.5, 0.6) is 0 Å². The van der Waals surface area contributed by atoms with Crippen molar-refractivity contribution in [1.82, 2.24) is 0 Å². The topological polar surface area (TPSA) is 26.1 Å². The molecule has 0 amide bonds. The number of halogens is 1. The molecule has 0 heterocycles. The third kappa shape index (κ3) is 2.69. The highest BCUT2D eigenvalue weighted by Crippen LogP contribution is 2.18.